The molecule has 1 aliphatic heterocycles. The van der Waals surface area contributed by atoms with Gasteiger partial charge in [-0.1, -0.05) is 6.07 Å². The fourth-order valence-corrected chi connectivity index (χ4v) is 2.72. The minimum atomic E-state index is 0. The van der Waals surface area contributed by atoms with Crippen LogP contribution in [0.5, 0.6) is 11.5 Å². The highest BCUT2D eigenvalue weighted by molar-refractivity contribution is 5.85. The van der Waals surface area contributed by atoms with Crippen molar-refractivity contribution in [2.45, 2.75) is 25.8 Å². The summed E-state index contributed by atoms with van der Waals surface area (Å²) in [5, 5.41) is 3.28. The van der Waals surface area contributed by atoms with E-state index in [0.717, 1.165) is 44.6 Å². The van der Waals surface area contributed by atoms with Gasteiger partial charge in [-0.3, -0.25) is 4.79 Å². The highest BCUT2D eigenvalue weighted by atomic mass is 35.5. The average Bonchev–Trinajstić information content (AvgIpc) is 2.64. The van der Waals surface area contributed by atoms with E-state index in [1.165, 1.54) is 6.42 Å². The van der Waals surface area contributed by atoms with Crippen LogP contribution in [-0.2, 0) is 16.1 Å². The van der Waals surface area contributed by atoms with Gasteiger partial charge in [0.15, 0.2) is 18.1 Å². The lowest BCUT2D eigenvalue weighted by molar-refractivity contribution is -0.134. The number of halogens is 1. The largest absolute Gasteiger partial charge is 0.493 e. The molecule has 142 valence electrons. The zero-order chi connectivity index (χ0) is 17.2. The summed E-state index contributed by atoms with van der Waals surface area (Å²) in [6, 6.07) is 5.76. The van der Waals surface area contributed by atoms with Gasteiger partial charge in [-0.2, -0.15) is 0 Å². The van der Waals surface area contributed by atoms with E-state index in [0.29, 0.717) is 18.1 Å². The van der Waals surface area contributed by atoms with E-state index in [1.807, 2.05) is 23.1 Å². The molecule has 6 nitrogen and oxygen atoms in total. The molecule has 0 unspecified atom stereocenters. The second-order valence-corrected chi connectivity index (χ2v) is 5.88. The van der Waals surface area contributed by atoms with E-state index < -0.39 is 0 Å². The second kappa shape index (κ2) is 12.0. The molecule has 0 spiro atoms. The second-order valence-electron chi connectivity index (χ2n) is 5.88. The molecule has 7 heteroatoms. The molecule has 1 heterocycles. The Morgan fingerprint density at radius 3 is 2.60 bits per heavy atom. The fraction of sp³-hybridized carbons (Fsp3) is 0.611. The van der Waals surface area contributed by atoms with Crippen LogP contribution in [0.25, 0.3) is 0 Å². The molecule has 1 fully saturated rings. The number of ether oxygens (including phenoxy) is 3. The van der Waals surface area contributed by atoms with Gasteiger partial charge in [0.2, 0.25) is 0 Å². The molecule has 25 heavy (non-hydrogen) atoms. The van der Waals surface area contributed by atoms with Gasteiger partial charge < -0.3 is 24.4 Å². The maximum absolute atomic E-state index is 12.2. The summed E-state index contributed by atoms with van der Waals surface area (Å²) >= 11 is 0. The molecule has 0 saturated carbocycles. The van der Waals surface area contributed by atoms with Crippen LogP contribution in [-0.4, -0.2) is 57.9 Å². The number of nitrogens with zero attached hydrogens (tertiary/aromatic N) is 1. The standard InChI is InChI=1S/C18H28N2O4.ClH/c1-22-11-8-19-13-15-6-7-16(17(12-15)23-2)24-14-18(21)20-9-4-3-5-10-20;/h6-7,12,19H,3-5,8-11,13-14H2,1-2H3;1H. The zero-order valence-electron chi connectivity index (χ0n) is 15.1. The number of carbonyl (C=O) groups is 1. The average molecular weight is 373 g/mol. The molecule has 1 aromatic carbocycles. The Hall–Kier alpha value is -1.50. The number of piperidine rings is 1. The summed E-state index contributed by atoms with van der Waals surface area (Å²) in [6.45, 7) is 3.93. The van der Waals surface area contributed by atoms with Crippen LogP contribution in [0.2, 0.25) is 0 Å². The van der Waals surface area contributed by atoms with E-state index in [2.05, 4.69) is 5.32 Å². The van der Waals surface area contributed by atoms with Crippen molar-refractivity contribution in [3.05, 3.63) is 23.8 Å². The maximum atomic E-state index is 12.2. The first kappa shape index (κ1) is 21.5. The SMILES string of the molecule is COCCNCc1ccc(OCC(=O)N2CCCCC2)c(OC)c1.Cl. The summed E-state index contributed by atoms with van der Waals surface area (Å²) < 4.78 is 16.1. The van der Waals surface area contributed by atoms with Crippen LogP contribution in [0.4, 0.5) is 0 Å². The number of methoxy groups -OCH3 is 2. The highest BCUT2D eigenvalue weighted by Crippen LogP contribution is 2.28. The van der Waals surface area contributed by atoms with Crippen LogP contribution < -0.4 is 14.8 Å². The van der Waals surface area contributed by atoms with Crippen LogP contribution >= 0.6 is 12.4 Å². The number of likely N-dealkylation sites (tertiary alicyclic amines) is 1. The van der Waals surface area contributed by atoms with Crippen molar-refractivity contribution < 1.29 is 19.0 Å². The Kier molecular flexibility index (Phi) is 10.3. The Bertz CT molecular complexity index is 522. The first-order valence-corrected chi connectivity index (χ1v) is 8.51. The number of amides is 1. The smallest absolute Gasteiger partial charge is 0.260 e. The van der Waals surface area contributed by atoms with Gasteiger partial charge in [-0.15, -0.1) is 12.4 Å². The molecule has 0 aromatic heterocycles. The predicted molar refractivity (Wildman–Crippen MR) is 99.8 cm³/mol. The summed E-state index contributed by atoms with van der Waals surface area (Å²) in [7, 11) is 3.29. The Morgan fingerprint density at radius 2 is 1.92 bits per heavy atom. The molecule has 0 aliphatic carbocycles. The number of hydrogen-bond acceptors (Lipinski definition) is 5. The monoisotopic (exact) mass is 372 g/mol. The van der Waals surface area contributed by atoms with Crippen LogP contribution in [0.15, 0.2) is 18.2 Å². The predicted octanol–water partition coefficient (Wildman–Crippen LogP) is 2.24. The van der Waals surface area contributed by atoms with Gasteiger partial charge in [-0.05, 0) is 37.0 Å². The maximum Gasteiger partial charge on any atom is 0.260 e. The van der Waals surface area contributed by atoms with Gasteiger partial charge in [0.1, 0.15) is 0 Å². The molecule has 0 radical (unpaired) electrons. The lowest BCUT2D eigenvalue weighted by Crippen LogP contribution is -2.38. The van der Waals surface area contributed by atoms with Gasteiger partial charge >= 0.3 is 0 Å². The summed E-state index contributed by atoms with van der Waals surface area (Å²) in [6.07, 6.45) is 3.37. The number of nitrogens with one attached hydrogen (secondary N) is 1. The van der Waals surface area contributed by atoms with Crippen molar-refractivity contribution in [1.29, 1.82) is 0 Å². The van der Waals surface area contributed by atoms with Crippen LogP contribution in [0.1, 0.15) is 24.8 Å². The minimum absolute atomic E-state index is 0. The lowest BCUT2D eigenvalue weighted by atomic mass is 10.1. The normalized spacial score (nSPS) is 13.9. The summed E-state index contributed by atoms with van der Waals surface area (Å²) in [5.41, 5.74) is 1.10. The summed E-state index contributed by atoms with van der Waals surface area (Å²) in [5.74, 6) is 1.29. The molecule has 1 aromatic rings. The van der Waals surface area contributed by atoms with E-state index in [1.54, 1.807) is 14.2 Å². The van der Waals surface area contributed by atoms with E-state index >= 15 is 0 Å². The quantitative estimate of drug-likeness (QED) is 0.674. The third-order valence-electron chi connectivity index (χ3n) is 4.10. The van der Waals surface area contributed by atoms with E-state index in [-0.39, 0.29) is 24.9 Å². The minimum Gasteiger partial charge on any atom is -0.493 e. The van der Waals surface area contributed by atoms with Crippen LogP contribution in [0.3, 0.4) is 0 Å². The van der Waals surface area contributed by atoms with Gasteiger partial charge in [0, 0.05) is 33.3 Å². The van der Waals surface area contributed by atoms with Crippen molar-refractivity contribution in [2.24, 2.45) is 0 Å². The van der Waals surface area contributed by atoms with Crippen molar-refractivity contribution in [1.82, 2.24) is 10.2 Å². The van der Waals surface area contributed by atoms with Crippen LogP contribution in [0, 0.1) is 0 Å². The Balaban J connectivity index is 0.00000312. The fourth-order valence-electron chi connectivity index (χ4n) is 2.72. The molecule has 0 atom stereocenters. The van der Waals surface area contributed by atoms with Crippen molar-refractivity contribution >= 4 is 18.3 Å². The zero-order valence-corrected chi connectivity index (χ0v) is 15.9. The first-order valence-electron chi connectivity index (χ1n) is 8.51. The number of benzene rings is 1. The lowest BCUT2D eigenvalue weighted by Gasteiger charge is -2.26. The molecule has 2 rings (SSSR count). The third-order valence-corrected chi connectivity index (χ3v) is 4.10. The van der Waals surface area contributed by atoms with Gasteiger partial charge in [-0.25, -0.2) is 0 Å². The highest BCUT2D eigenvalue weighted by Gasteiger charge is 2.17. The molecule has 1 amide bonds. The molecular formula is C18H29ClN2O4. The Morgan fingerprint density at radius 1 is 1.16 bits per heavy atom. The number of hydrogen-bond donors (Lipinski definition) is 1. The van der Waals surface area contributed by atoms with Gasteiger partial charge in [0.25, 0.3) is 5.91 Å². The molecule has 1 saturated heterocycles. The molecule has 1 aliphatic rings. The summed E-state index contributed by atoms with van der Waals surface area (Å²) in [4.78, 5) is 14.1. The molecule has 0 bridgehead atoms. The Labute approximate surface area is 156 Å². The van der Waals surface area contributed by atoms with Crippen molar-refractivity contribution in [2.75, 3.05) is 47.1 Å². The van der Waals surface area contributed by atoms with E-state index in [9.17, 15) is 4.79 Å². The van der Waals surface area contributed by atoms with Crippen molar-refractivity contribution in [3.8, 4) is 11.5 Å². The van der Waals surface area contributed by atoms with Gasteiger partial charge in [0.05, 0.1) is 13.7 Å². The molecular weight excluding hydrogens is 344 g/mol. The molecule has 1 N–H and O–H groups in total. The van der Waals surface area contributed by atoms with E-state index in [4.69, 9.17) is 14.2 Å². The first-order chi connectivity index (χ1) is 11.7. The topological polar surface area (TPSA) is 60.0 Å². The van der Waals surface area contributed by atoms with Crippen molar-refractivity contribution in [3.63, 3.8) is 0 Å². The number of carbonyl (C=O) groups excluding carboxylic acids is 1. The third kappa shape index (κ3) is 7.10. The number of rotatable bonds is 9.